The van der Waals surface area contributed by atoms with Gasteiger partial charge in [-0.1, -0.05) is 30.3 Å². The second-order valence-corrected chi connectivity index (χ2v) is 9.70. The third kappa shape index (κ3) is 5.61. The molecule has 182 valence electrons. The Hall–Kier alpha value is -4.03. The van der Waals surface area contributed by atoms with Crippen molar-refractivity contribution in [3.8, 4) is 0 Å². The van der Waals surface area contributed by atoms with Gasteiger partial charge in [-0.25, -0.2) is 0 Å². The Kier molecular flexibility index (Phi) is 6.78. The Balaban J connectivity index is 1.15. The minimum absolute atomic E-state index is 0.0317. The summed E-state index contributed by atoms with van der Waals surface area (Å²) in [6.45, 7) is 0.989. The number of fused-ring (bicyclic) bond motifs is 1. The van der Waals surface area contributed by atoms with Crippen LogP contribution in [0.2, 0.25) is 0 Å². The molecule has 1 fully saturated rings. The molecule has 0 unspecified atom stereocenters. The van der Waals surface area contributed by atoms with E-state index in [1.54, 1.807) is 6.20 Å². The van der Waals surface area contributed by atoms with Crippen molar-refractivity contribution < 1.29 is 9.59 Å². The Labute approximate surface area is 211 Å². The van der Waals surface area contributed by atoms with E-state index in [0.717, 1.165) is 47.1 Å². The fraction of sp³-hybridized carbons (Fsp3) is 0.233. The number of anilines is 2. The zero-order valence-corrected chi connectivity index (χ0v) is 20.6. The first kappa shape index (κ1) is 23.7. The molecule has 4 aromatic rings. The quantitative estimate of drug-likeness (QED) is 0.359. The largest absolute Gasteiger partial charge is 0.326 e. The average molecular weight is 479 g/mol. The minimum Gasteiger partial charge on any atom is -0.326 e. The molecule has 3 aromatic carbocycles. The number of carbonyl (C=O) groups is 2. The van der Waals surface area contributed by atoms with Crippen molar-refractivity contribution in [1.82, 2.24) is 9.88 Å². The lowest BCUT2D eigenvalue weighted by atomic mass is 10.1. The second-order valence-electron chi connectivity index (χ2n) is 9.70. The van der Waals surface area contributed by atoms with Gasteiger partial charge in [0.1, 0.15) is 0 Å². The second kappa shape index (κ2) is 10.3. The molecule has 1 aromatic heterocycles. The number of nitrogens with one attached hydrogen (secondary N) is 2. The molecule has 1 heterocycles. The molecule has 1 aliphatic carbocycles. The predicted octanol–water partition coefficient (Wildman–Crippen LogP) is 5.33. The molecule has 1 aliphatic rings. The van der Waals surface area contributed by atoms with E-state index in [1.165, 1.54) is 5.56 Å². The molecule has 0 radical (unpaired) electrons. The summed E-state index contributed by atoms with van der Waals surface area (Å²) in [4.78, 5) is 31.7. The number of aromatic nitrogens is 1. The lowest BCUT2D eigenvalue weighted by molar-refractivity contribution is -0.117. The minimum atomic E-state index is -0.140. The zero-order valence-electron chi connectivity index (χ0n) is 20.6. The van der Waals surface area contributed by atoms with Crippen molar-refractivity contribution in [1.29, 1.82) is 0 Å². The number of likely N-dealkylation sites (N-methyl/N-ethyl adjacent to an activating group) is 1. The average Bonchev–Trinajstić information content (AvgIpc) is 3.70. The highest BCUT2D eigenvalue weighted by Crippen LogP contribution is 2.48. The first-order chi connectivity index (χ1) is 17.5. The van der Waals surface area contributed by atoms with Crippen LogP contribution in [0.15, 0.2) is 85.2 Å². The Morgan fingerprint density at radius 2 is 1.64 bits per heavy atom. The summed E-state index contributed by atoms with van der Waals surface area (Å²) in [6.07, 6.45) is 5.35. The summed E-state index contributed by atoms with van der Waals surface area (Å²) in [5, 5.41) is 8.10. The highest BCUT2D eigenvalue weighted by Gasteiger charge is 2.43. The fourth-order valence-corrected chi connectivity index (χ4v) is 4.44. The molecule has 6 nitrogen and oxygen atoms in total. The van der Waals surface area contributed by atoms with E-state index in [1.807, 2.05) is 66.9 Å². The Morgan fingerprint density at radius 1 is 0.889 bits per heavy atom. The van der Waals surface area contributed by atoms with Gasteiger partial charge in [0.2, 0.25) is 5.91 Å². The summed E-state index contributed by atoms with van der Waals surface area (Å²) in [5.41, 5.74) is 4.50. The molecule has 1 saturated carbocycles. The number of hydrogen-bond acceptors (Lipinski definition) is 4. The van der Waals surface area contributed by atoms with Gasteiger partial charge in [0.15, 0.2) is 0 Å². The zero-order chi connectivity index (χ0) is 25.1. The molecule has 2 atom stereocenters. The van der Waals surface area contributed by atoms with E-state index in [4.69, 9.17) is 0 Å². The van der Waals surface area contributed by atoms with Gasteiger partial charge in [0.05, 0.1) is 0 Å². The van der Waals surface area contributed by atoms with Crippen molar-refractivity contribution in [2.75, 3.05) is 31.3 Å². The summed E-state index contributed by atoms with van der Waals surface area (Å²) < 4.78 is 0. The van der Waals surface area contributed by atoms with Crippen LogP contribution in [-0.2, 0) is 11.2 Å². The van der Waals surface area contributed by atoms with Gasteiger partial charge >= 0.3 is 0 Å². The number of hydrogen-bond donors (Lipinski definition) is 2. The molecule has 0 saturated heterocycles. The molecule has 0 aliphatic heterocycles. The van der Waals surface area contributed by atoms with Crippen LogP contribution in [0, 0.1) is 5.92 Å². The van der Waals surface area contributed by atoms with Gasteiger partial charge in [0, 0.05) is 47.2 Å². The van der Waals surface area contributed by atoms with Crippen LogP contribution < -0.4 is 10.6 Å². The highest BCUT2D eigenvalue weighted by atomic mass is 16.2. The van der Waals surface area contributed by atoms with Crippen molar-refractivity contribution in [2.24, 2.45) is 5.92 Å². The van der Waals surface area contributed by atoms with E-state index in [9.17, 15) is 9.59 Å². The Morgan fingerprint density at radius 3 is 2.39 bits per heavy atom. The molecular weight excluding hydrogens is 448 g/mol. The lowest BCUT2D eigenvalue weighted by Gasteiger charge is -2.10. The molecule has 5 rings (SSSR count). The van der Waals surface area contributed by atoms with E-state index in [2.05, 4.69) is 46.7 Å². The van der Waals surface area contributed by atoms with Crippen molar-refractivity contribution in [3.05, 3.63) is 102 Å². The van der Waals surface area contributed by atoms with Gasteiger partial charge < -0.3 is 15.5 Å². The van der Waals surface area contributed by atoms with Crippen molar-refractivity contribution in [3.63, 3.8) is 0 Å². The molecule has 36 heavy (non-hydrogen) atoms. The maximum atomic E-state index is 12.8. The Bertz CT molecular complexity index is 1380. The summed E-state index contributed by atoms with van der Waals surface area (Å²) in [5.74, 6) is 0.0220. The van der Waals surface area contributed by atoms with Gasteiger partial charge in [-0.2, -0.15) is 0 Å². The fourth-order valence-electron chi connectivity index (χ4n) is 4.44. The van der Waals surface area contributed by atoms with E-state index >= 15 is 0 Å². The predicted molar refractivity (Wildman–Crippen MR) is 144 cm³/mol. The monoisotopic (exact) mass is 478 g/mol. The highest BCUT2D eigenvalue weighted by molar-refractivity contribution is 6.04. The van der Waals surface area contributed by atoms with Crippen LogP contribution >= 0.6 is 0 Å². The summed E-state index contributed by atoms with van der Waals surface area (Å²) >= 11 is 0. The summed E-state index contributed by atoms with van der Waals surface area (Å²) in [6, 6.07) is 23.3. The normalized spacial score (nSPS) is 16.6. The van der Waals surface area contributed by atoms with Gasteiger partial charge in [-0.15, -0.1) is 0 Å². The first-order valence-electron chi connectivity index (χ1n) is 12.3. The smallest absolute Gasteiger partial charge is 0.255 e. The van der Waals surface area contributed by atoms with Crippen LogP contribution in [-0.4, -0.2) is 42.3 Å². The standard InChI is InChI=1S/C30H30N4O2/c1-34(2)16-14-20-3-10-25(11-4-20)32-29(35)22-7-5-21(6-8-22)27-18-28(27)30(36)33-26-12-9-24-19-31-15-13-23(24)17-26/h3-13,15,17,19,27-28H,14,16,18H2,1-2H3,(H,32,35)(H,33,36)/t27-,28+/m0/s1. The van der Waals surface area contributed by atoms with Gasteiger partial charge in [0.25, 0.3) is 5.91 Å². The molecule has 0 bridgehead atoms. The van der Waals surface area contributed by atoms with Crippen molar-refractivity contribution in [2.45, 2.75) is 18.8 Å². The molecular formula is C30H30N4O2. The van der Waals surface area contributed by atoms with Crippen LogP contribution in [0.5, 0.6) is 0 Å². The maximum absolute atomic E-state index is 12.8. The number of rotatable bonds is 8. The number of carbonyl (C=O) groups excluding carboxylic acids is 2. The topological polar surface area (TPSA) is 74.3 Å². The third-order valence-electron chi connectivity index (χ3n) is 6.70. The molecule has 0 spiro atoms. The van der Waals surface area contributed by atoms with Gasteiger partial charge in [-0.3, -0.25) is 14.6 Å². The van der Waals surface area contributed by atoms with E-state index in [-0.39, 0.29) is 23.7 Å². The third-order valence-corrected chi connectivity index (χ3v) is 6.70. The number of benzene rings is 3. The maximum Gasteiger partial charge on any atom is 0.255 e. The molecule has 2 amide bonds. The first-order valence-corrected chi connectivity index (χ1v) is 12.3. The molecule has 2 N–H and O–H groups in total. The lowest BCUT2D eigenvalue weighted by Crippen LogP contribution is -2.15. The number of amides is 2. The van der Waals surface area contributed by atoms with Crippen LogP contribution in [0.4, 0.5) is 11.4 Å². The SMILES string of the molecule is CN(C)CCc1ccc(NC(=O)c2ccc([C@@H]3C[C@H]3C(=O)Nc3ccc4cnccc4c3)cc2)cc1. The molecule has 6 heteroatoms. The number of pyridine rings is 1. The van der Waals surface area contributed by atoms with Crippen LogP contribution in [0.3, 0.4) is 0 Å². The summed E-state index contributed by atoms with van der Waals surface area (Å²) in [7, 11) is 4.12. The van der Waals surface area contributed by atoms with Crippen LogP contribution in [0.1, 0.15) is 33.8 Å². The van der Waals surface area contributed by atoms with E-state index < -0.39 is 0 Å². The van der Waals surface area contributed by atoms with Crippen molar-refractivity contribution >= 4 is 34.0 Å². The number of nitrogens with zero attached hydrogens (tertiary/aromatic N) is 2. The van der Waals surface area contributed by atoms with E-state index in [0.29, 0.717) is 5.56 Å². The van der Waals surface area contributed by atoms with Crippen LogP contribution in [0.25, 0.3) is 10.8 Å². The van der Waals surface area contributed by atoms with Gasteiger partial charge in [-0.05, 0) is 91.8 Å².